The lowest BCUT2D eigenvalue weighted by Crippen LogP contribution is -2.58. The molecular formula is C19H27N5O2. The molecule has 2 amide bonds. The molecule has 2 fully saturated rings. The van der Waals surface area contributed by atoms with Crippen molar-refractivity contribution >= 4 is 17.8 Å². The zero-order valence-corrected chi connectivity index (χ0v) is 15.5. The van der Waals surface area contributed by atoms with E-state index in [-0.39, 0.29) is 23.7 Å². The third-order valence-electron chi connectivity index (χ3n) is 5.62. The lowest BCUT2D eigenvalue weighted by molar-refractivity contribution is -0.133. The van der Waals surface area contributed by atoms with Crippen molar-refractivity contribution in [3.8, 4) is 0 Å². The van der Waals surface area contributed by atoms with Gasteiger partial charge in [0.05, 0.1) is 0 Å². The fraction of sp³-hybridized carbons (Fsp3) is 0.579. The number of carbonyl (C=O) groups excluding carboxylic acids is 2. The molecule has 3 rings (SSSR count). The molecule has 140 valence electrons. The lowest BCUT2D eigenvalue weighted by Gasteiger charge is -2.42. The maximum Gasteiger partial charge on any atom is 0.255 e. The fourth-order valence-electron chi connectivity index (χ4n) is 4.10. The molecule has 2 aliphatic rings. The number of likely N-dealkylation sites (tertiary alicyclic amines) is 1. The summed E-state index contributed by atoms with van der Waals surface area (Å²) < 4.78 is 0. The summed E-state index contributed by atoms with van der Waals surface area (Å²) in [7, 11) is 1.65. The molecule has 0 aromatic carbocycles. The number of amides is 2. The summed E-state index contributed by atoms with van der Waals surface area (Å²) >= 11 is 0. The quantitative estimate of drug-likeness (QED) is 0.842. The molecule has 0 spiro atoms. The predicted molar refractivity (Wildman–Crippen MR) is 98.8 cm³/mol. The summed E-state index contributed by atoms with van der Waals surface area (Å²) in [6.45, 7) is 3.33. The molecule has 1 aromatic rings. The third-order valence-corrected chi connectivity index (χ3v) is 5.62. The Hall–Kier alpha value is -2.44. The molecule has 1 aromatic heterocycles. The van der Waals surface area contributed by atoms with Crippen molar-refractivity contribution in [2.75, 3.05) is 20.1 Å². The van der Waals surface area contributed by atoms with Crippen molar-refractivity contribution in [3.63, 3.8) is 0 Å². The van der Waals surface area contributed by atoms with Gasteiger partial charge < -0.3 is 10.2 Å². The van der Waals surface area contributed by atoms with Crippen LogP contribution in [0.1, 0.15) is 49.4 Å². The first-order valence-corrected chi connectivity index (χ1v) is 9.33. The number of unbranched alkanes of at least 4 members (excludes halogenated alkanes) is 1. The summed E-state index contributed by atoms with van der Waals surface area (Å²) in [4.78, 5) is 33.0. The average molecular weight is 357 g/mol. The predicted octanol–water partition coefficient (Wildman–Crippen LogP) is 1.86. The number of piperidine rings is 1. The van der Waals surface area contributed by atoms with E-state index in [1.807, 2.05) is 4.90 Å². The van der Waals surface area contributed by atoms with Gasteiger partial charge in [-0.25, -0.2) is 0 Å². The van der Waals surface area contributed by atoms with Crippen molar-refractivity contribution in [2.45, 2.75) is 44.6 Å². The van der Waals surface area contributed by atoms with Gasteiger partial charge in [-0.05, 0) is 31.4 Å². The van der Waals surface area contributed by atoms with Gasteiger partial charge in [0.1, 0.15) is 5.54 Å². The molecule has 0 radical (unpaired) electrons. The highest BCUT2D eigenvalue weighted by Gasteiger charge is 2.53. The van der Waals surface area contributed by atoms with E-state index in [1.165, 1.54) is 4.90 Å². The zero-order valence-electron chi connectivity index (χ0n) is 15.5. The Labute approximate surface area is 154 Å². The van der Waals surface area contributed by atoms with Crippen molar-refractivity contribution in [1.29, 1.82) is 5.41 Å². The van der Waals surface area contributed by atoms with Crippen molar-refractivity contribution in [3.05, 3.63) is 30.1 Å². The Morgan fingerprint density at radius 2 is 2.15 bits per heavy atom. The van der Waals surface area contributed by atoms with Gasteiger partial charge in [-0.15, -0.1) is 0 Å². The number of carbonyl (C=O) groups is 2. The summed E-state index contributed by atoms with van der Waals surface area (Å²) in [6, 6.07) is 3.45. The molecule has 0 aliphatic carbocycles. The molecule has 2 saturated heterocycles. The first-order valence-electron chi connectivity index (χ1n) is 9.33. The molecule has 2 atom stereocenters. The van der Waals surface area contributed by atoms with Crippen LogP contribution >= 0.6 is 0 Å². The van der Waals surface area contributed by atoms with Crippen LogP contribution in [-0.4, -0.2) is 58.2 Å². The average Bonchev–Trinajstić information content (AvgIpc) is 2.91. The summed E-state index contributed by atoms with van der Waals surface area (Å²) in [6.07, 6.45) is 7.57. The number of pyridine rings is 1. The second-order valence-corrected chi connectivity index (χ2v) is 7.24. The number of rotatable bonds is 5. The topological polar surface area (TPSA) is 89.4 Å². The van der Waals surface area contributed by atoms with Crippen LogP contribution in [0.15, 0.2) is 24.5 Å². The minimum atomic E-state index is -0.765. The van der Waals surface area contributed by atoms with Gasteiger partial charge in [0.25, 0.3) is 11.8 Å². The molecule has 0 saturated carbocycles. The van der Waals surface area contributed by atoms with Crippen LogP contribution in [0.3, 0.4) is 0 Å². The normalized spacial score (nSPS) is 26.2. The SMILES string of the molecule is CCCC[C@]1([C@@H]2CCCN(C(=O)c3ccncc3)C2)NC(=N)N(C)C1=O. The molecule has 7 nitrogen and oxygen atoms in total. The fourth-order valence-corrected chi connectivity index (χ4v) is 4.10. The van der Waals surface area contributed by atoms with Crippen molar-refractivity contribution in [1.82, 2.24) is 20.1 Å². The summed E-state index contributed by atoms with van der Waals surface area (Å²) in [5.41, 5.74) is -0.141. The largest absolute Gasteiger partial charge is 0.341 e. The zero-order chi connectivity index (χ0) is 18.7. The lowest BCUT2D eigenvalue weighted by atomic mass is 9.75. The molecule has 2 N–H and O–H groups in total. The van der Waals surface area contributed by atoms with Crippen LogP contribution in [-0.2, 0) is 4.79 Å². The van der Waals surface area contributed by atoms with Crippen molar-refractivity contribution in [2.24, 2.45) is 5.92 Å². The van der Waals surface area contributed by atoms with E-state index in [0.717, 1.165) is 25.7 Å². The van der Waals surface area contributed by atoms with Gasteiger partial charge in [-0.1, -0.05) is 19.8 Å². The molecule has 26 heavy (non-hydrogen) atoms. The first-order chi connectivity index (χ1) is 12.5. The van der Waals surface area contributed by atoms with E-state index in [4.69, 9.17) is 5.41 Å². The Kier molecular flexibility index (Phi) is 5.25. The van der Waals surface area contributed by atoms with Crippen LogP contribution in [0, 0.1) is 11.3 Å². The van der Waals surface area contributed by atoms with E-state index in [1.54, 1.807) is 31.6 Å². The first kappa shape index (κ1) is 18.4. The van der Waals surface area contributed by atoms with E-state index in [0.29, 0.717) is 25.1 Å². The molecule has 3 heterocycles. The minimum absolute atomic E-state index is 0.00591. The number of nitrogens with one attached hydrogen (secondary N) is 2. The third kappa shape index (κ3) is 3.18. The van der Waals surface area contributed by atoms with Gasteiger partial charge in [-0.2, -0.15) is 0 Å². The molecular weight excluding hydrogens is 330 g/mol. The smallest absolute Gasteiger partial charge is 0.255 e. The van der Waals surface area contributed by atoms with Gasteiger partial charge in [0, 0.05) is 44.0 Å². The second kappa shape index (κ2) is 7.43. The number of likely N-dealkylation sites (N-methyl/N-ethyl adjacent to an activating group) is 1. The number of hydrogen-bond acceptors (Lipinski definition) is 4. The maximum absolute atomic E-state index is 13.0. The van der Waals surface area contributed by atoms with Gasteiger partial charge in [0.15, 0.2) is 5.96 Å². The molecule has 0 unspecified atom stereocenters. The van der Waals surface area contributed by atoms with Crippen LogP contribution in [0.4, 0.5) is 0 Å². The van der Waals surface area contributed by atoms with Crippen LogP contribution in [0.25, 0.3) is 0 Å². The van der Waals surface area contributed by atoms with E-state index >= 15 is 0 Å². The van der Waals surface area contributed by atoms with Crippen molar-refractivity contribution < 1.29 is 9.59 Å². The Morgan fingerprint density at radius 1 is 1.42 bits per heavy atom. The summed E-state index contributed by atoms with van der Waals surface area (Å²) in [5.74, 6) is 0.103. The minimum Gasteiger partial charge on any atom is -0.341 e. The monoisotopic (exact) mass is 357 g/mol. The molecule has 2 aliphatic heterocycles. The van der Waals surface area contributed by atoms with Crippen LogP contribution in [0.5, 0.6) is 0 Å². The molecule has 7 heteroatoms. The second-order valence-electron chi connectivity index (χ2n) is 7.24. The maximum atomic E-state index is 13.0. The Balaban J connectivity index is 1.83. The van der Waals surface area contributed by atoms with Crippen LogP contribution in [0.2, 0.25) is 0 Å². The highest BCUT2D eigenvalue weighted by atomic mass is 16.2. The highest BCUT2D eigenvalue weighted by molar-refractivity contribution is 6.08. The van der Waals surface area contributed by atoms with E-state index in [9.17, 15) is 9.59 Å². The van der Waals surface area contributed by atoms with E-state index < -0.39 is 5.54 Å². The van der Waals surface area contributed by atoms with E-state index in [2.05, 4.69) is 17.2 Å². The number of aromatic nitrogens is 1. The van der Waals surface area contributed by atoms with Gasteiger partial charge in [0.2, 0.25) is 0 Å². The molecule has 0 bridgehead atoms. The summed E-state index contributed by atoms with van der Waals surface area (Å²) in [5, 5.41) is 11.3. The Bertz CT molecular complexity index is 692. The number of hydrogen-bond donors (Lipinski definition) is 2. The standard InChI is InChI=1S/C19H27N5O2/c1-3-4-9-19(17(26)23(2)18(20)22-19)15-6-5-12-24(13-15)16(25)14-7-10-21-11-8-14/h7-8,10-11,15H,3-6,9,12-13H2,1-2H3,(H2,20,22)/t15-,19-/m1/s1. The number of nitrogens with zero attached hydrogens (tertiary/aromatic N) is 3. The highest BCUT2D eigenvalue weighted by Crippen LogP contribution is 2.36. The Morgan fingerprint density at radius 3 is 2.77 bits per heavy atom. The number of guanidine groups is 1. The van der Waals surface area contributed by atoms with Crippen LogP contribution < -0.4 is 5.32 Å². The van der Waals surface area contributed by atoms with Gasteiger partial charge in [-0.3, -0.25) is 24.9 Å². The van der Waals surface area contributed by atoms with Gasteiger partial charge >= 0.3 is 0 Å².